The highest BCUT2D eigenvalue weighted by Crippen LogP contribution is 2.16. The van der Waals surface area contributed by atoms with Crippen molar-refractivity contribution in [2.24, 2.45) is 0 Å². The maximum absolute atomic E-state index is 13.0. The van der Waals surface area contributed by atoms with Crippen molar-refractivity contribution < 1.29 is 9.50 Å². The molecule has 2 N–H and O–H groups in total. The standard InChI is InChI=1S/C11H16FNO/c1-3-13-11(7-14)9-4-5-10(12)8(2)6-9/h4-6,11,13-14H,3,7H2,1-2H3. The molecule has 0 bridgehead atoms. The maximum atomic E-state index is 13.0. The number of likely N-dealkylation sites (N-methyl/N-ethyl adjacent to an activating group) is 1. The van der Waals surface area contributed by atoms with Gasteiger partial charge in [0.15, 0.2) is 0 Å². The van der Waals surface area contributed by atoms with Crippen LogP contribution in [0.25, 0.3) is 0 Å². The summed E-state index contributed by atoms with van der Waals surface area (Å²) < 4.78 is 13.0. The molecule has 0 radical (unpaired) electrons. The molecular formula is C11H16FNO. The number of aryl methyl sites for hydroxylation is 1. The van der Waals surface area contributed by atoms with E-state index in [2.05, 4.69) is 5.32 Å². The minimum Gasteiger partial charge on any atom is -0.394 e. The first-order valence-electron chi connectivity index (χ1n) is 4.79. The average molecular weight is 197 g/mol. The molecule has 1 atom stereocenters. The van der Waals surface area contributed by atoms with Crippen molar-refractivity contribution in [2.75, 3.05) is 13.2 Å². The molecule has 0 saturated heterocycles. The molecule has 0 fully saturated rings. The van der Waals surface area contributed by atoms with Gasteiger partial charge in [0, 0.05) is 0 Å². The van der Waals surface area contributed by atoms with Crippen molar-refractivity contribution in [3.63, 3.8) is 0 Å². The number of rotatable bonds is 4. The lowest BCUT2D eigenvalue weighted by molar-refractivity contribution is 0.246. The molecule has 0 amide bonds. The van der Waals surface area contributed by atoms with Gasteiger partial charge < -0.3 is 10.4 Å². The quantitative estimate of drug-likeness (QED) is 0.771. The summed E-state index contributed by atoms with van der Waals surface area (Å²) >= 11 is 0. The summed E-state index contributed by atoms with van der Waals surface area (Å²) in [5, 5.41) is 12.2. The van der Waals surface area contributed by atoms with Gasteiger partial charge in [0.1, 0.15) is 5.82 Å². The predicted molar refractivity (Wildman–Crippen MR) is 54.6 cm³/mol. The van der Waals surface area contributed by atoms with Crippen LogP contribution >= 0.6 is 0 Å². The van der Waals surface area contributed by atoms with E-state index >= 15 is 0 Å². The third kappa shape index (κ3) is 2.53. The Hall–Kier alpha value is -0.930. The van der Waals surface area contributed by atoms with Crippen molar-refractivity contribution in [1.82, 2.24) is 5.32 Å². The Balaban J connectivity index is 2.88. The number of aliphatic hydroxyl groups excluding tert-OH is 1. The van der Waals surface area contributed by atoms with E-state index in [-0.39, 0.29) is 18.5 Å². The Bertz CT molecular complexity index is 301. The Morgan fingerprint density at radius 2 is 2.21 bits per heavy atom. The molecular weight excluding hydrogens is 181 g/mol. The van der Waals surface area contributed by atoms with Gasteiger partial charge in [0.2, 0.25) is 0 Å². The summed E-state index contributed by atoms with van der Waals surface area (Å²) in [6, 6.07) is 4.80. The van der Waals surface area contributed by atoms with Crippen LogP contribution in [-0.2, 0) is 0 Å². The first kappa shape index (κ1) is 11.1. The molecule has 1 aromatic carbocycles. The van der Waals surface area contributed by atoms with Gasteiger partial charge in [-0.25, -0.2) is 4.39 Å². The van der Waals surface area contributed by atoms with Crippen molar-refractivity contribution in [3.05, 3.63) is 35.1 Å². The molecule has 0 spiro atoms. The second-order valence-corrected chi connectivity index (χ2v) is 3.30. The molecule has 0 saturated carbocycles. The van der Waals surface area contributed by atoms with E-state index < -0.39 is 0 Å². The normalized spacial score (nSPS) is 12.9. The third-order valence-electron chi connectivity index (χ3n) is 2.22. The fourth-order valence-corrected chi connectivity index (χ4v) is 1.42. The predicted octanol–water partition coefficient (Wildman–Crippen LogP) is 1.78. The summed E-state index contributed by atoms with van der Waals surface area (Å²) in [7, 11) is 0. The molecule has 0 aliphatic carbocycles. The minimum absolute atomic E-state index is 0.0267. The zero-order valence-electron chi connectivity index (χ0n) is 8.55. The van der Waals surface area contributed by atoms with Gasteiger partial charge in [-0.3, -0.25) is 0 Å². The Morgan fingerprint density at radius 1 is 1.50 bits per heavy atom. The topological polar surface area (TPSA) is 32.3 Å². The van der Waals surface area contributed by atoms with Crippen molar-refractivity contribution in [1.29, 1.82) is 0 Å². The number of benzene rings is 1. The van der Waals surface area contributed by atoms with Crippen LogP contribution in [0.2, 0.25) is 0 Å². The highest BCUT2D eigenvalue weighted by molar-refractivity contribution is 5.26. The van der Waals surface area contributed by atoms with Crippen LogP contribution in [0.4, 0.5) is 4.39 Å². The van der Waals surface area contributed by atoms with E-state index in [4.69, 9.17) is 5.11 Å². The second-order valence-electron chi connectivity index (χ2n) is 3.30. The summed E-state index contributed by atoms with van der Waals surface area (Å²) in [5.41, 5.74) is 1.53. The van der Waals surface area contributed by atoms with Gasteiger partial charge >= 0.3 is 0 Å². The number of halogens is 1. The van der Waals surface area contributed by atoms with Crippen LogP contribution < -0.4 is 5.32 Å². The number of aliphatic hydroxyl groups is 1. The van der Waals surface area contributed by atoms with Crippen LogP contribution in [0, 0.1) is 12.7 Å². The average Bonchev–Trinajstić information content (AvgIpc) is 2.19. The van der Waals surface area contributed by atoms with Gasteiger partial charge in [0.25, 0.3) is 0 Å². The lowest BCUT2D eigenvalue weighted by atomic mass is 10.0. The van der Waals surface area contributed by atoms with Crippen LogP contribution in [0.1, 0.15) is 24.1 Å². The molecule has 0 heterocycles. The Labute approximate surface area is 83.8 Å². The molecule has 78 valence electrons. The van der Waals surface area contributed by atoms with E-state index in [0.29, 0.717) is 5.56 Å². The molecule has 0 aliphatic rings. The number of nitrogens with one attached hydrogen (secondary N) is 1. The number of hydrogen-bond acceptors (Lipinski definition) is 2. The summed E-state index contributed by atoms with van der Waals surface area (Å²) in [4.78, 5) is 0. The van der Waals surface area contributed by atoms with E-state index in [0.717, 1.165) is 12.1 Å². The van der Waals surface area contributed by atoms with Crippen molar-refractivity contribution >= 4 is 0 Å². The van der Waals surface area contributed by atoms with Gasteiger partial charge in [-0.1, -0.05) is 19.1 Å². The monoisotopic (exact) mass is 197 g/mol. The zero-order valence-corrected chi connectivity index (χ0v) is 8.55. The van der Waals surface area contributed by atoms with Crippen molar-refractivity contribution in [3.8, 4) is 0 Å². The van der Waals surface area contributed by atoms with Crippen LogP contribution in [0.3, 0.4) is 0 Å². The molecule has 1 aromatic rings. The molecule has 14 heavy (non-hydrogen) atoms. The SMILES string of the molecule is CCNC(CO)c1ccc(F)c(C)c1. The van der Waals surface area contributed by atoms with Gasteiger partial charge in [-0.2, -0.15) is 0 Å². The van der Waals surface area contributed by atoms with Crippen LogP contribution in [0.5, 0.6) is 0 Å². The highest BCUT2D eigenvalue weighted by atomic mass is 19.1. The number of hydrogen-bond donors (Lipinski definition) is 2. The van der Waals surface area contributed by atoms with E-state index in [1.165, 1.54) is 6.07 Å². The molecule has 3 heteroatoms. The smallest absolute Gasteiger partial charge is 0.126 e. The van der Waals surface area contributed by atoms with E-state index in [1.807, 2.05) is 6.92 Å². The largest absolute Gasteiger partial charge is 0.394 e. The Morgan fingerprint density at radius 3 is 2.71 bits per heavy atom. The third-order valence-corrected chi connectivity index (χ3v) is 2.22. The lowest BCUT2D eigenvalue weighted by Crippen LogP contribution is -2.24. The van der Waals surface area contributed by atoms with E-state index in [9.17, 15) is 4.39 Å². The maximum Gasteiger partial charge on any atom is 0.126 e. The molecule has 2 nitrogen and oxygen atoms in total. The first-order valence-corrected chi connectivity index (χ1v) is 4.79. The van der Waals surface area contributed by atoms with Gasteiger partial charge in [0.05, 0.1) is 12.6 Å². The van der Waals surface area contributed by atoms with Gasteiger partial charge in [-0.15, -0.1) is 0 Å². The lowest BCUT2D eigenvalue weighted by Gasteiger charge is -2.15. The summed E-state index contributed by atoms with van der Waals surface area (Å²) in [6.07, 6.45) is 0. The molecule has 0 aromatic heterocycles. The highest BCUT2D eigenvalue weighted by Gasteiger charge is 2.09. The van der Waals surface area contributed by atoms with Crippen molar-refractivity contribution in [2.45, 2.75) is 19.9 Å². The first-order chi connectivity index (χ1) is 6.69. The van der Waals surface area contributed by atoms with Gasteiger partial charge in [-0.05, 0) is 30.7 Å². The fraction of sp³-hybridized carbons (Fsp3) is 0.455. The summed E-state index contributed by atoms with van der Waals surface area (Å²) in [5.74, 6) is -0.207. The fourth-order valence-electron chi connectivity index (χ4n) is 1.42. The van der Waals surface area contributed by atoms with Crippen LogP contribution in [-0.4, -0.2) is 18.3 Å². The molecule has 1 rings (SSSR count). The molecule has 0 aliphatic heterocycles. The van der Waals surface area contributed by atoms with E-state index in [1.54, 1.807) is 19.1 Å². The molecule has 1 unspecified atom stereocenters. The summed E-state index contributed by atoms with van der Waals surface area (Å²) in [6.45, 7) is 4.50. The Kier molecular flexibility index (Phi) is 4.04. The van der Waals surface area contributed by atoms with Crippen LogP contribution in [0.15, 0.2) is 18.2 Å². The second kappa shape index (κ2) is 5.08. The minimum atomic E-state index is -0.207. The zero-order chi connectivity index (χ0) is 10.6.